The number of carbonyl (C=O) groups is 1. The molecule has 1 aromatic carbocycles. The molecule has 3 rings (SSSR count). The van der Waals surface area contributed by atoms with Gasteiger partial charge < -0.3 is 8.94 Å². The summed E-state index contributed by atoms with van der Waals surface area (Å²) in [5.41, 5.74) is 0. The zero-order chi connectivity index (χ0) is 15.9. The average Bonchev–Trinajstić information content (AvgIpc) is 3.24. The molecule has 0 atom stereocenters. The summed E-state index contributed by atoms with van der Waals surface area (Å²) in [5.74, 6) is 1.24. The van der Waals surface area contributed by atoms with Crippen molar-refractivity contribution in [1.29, 1.82) is 0 Å². The van der Waals surface area contributed by atoms with E-state index in [1.807, 2.05) is 30.3 Å². The van der Waals surface area contributed by atoms with Gasteiger partial charge in [-0.25, -0.2) is 0 Å². The lowest BCUT2D eigenvalue weighted by molar-refractivity contribution is -0.116. The minimum absolute atomic E-state index is 0.0529. The SMILES string of the molecule is O=C(CCCSc1ccccc1)Nc1nnc(-c2ccno2)o1. The number of nitrogens with zero attached hydrogens (tertiary/aromatic N) is 3. The number of thioether (sulfide) groups is 1. The van der Waals surface area contributed by atoms with E-state index in [1.54, 1.807) is 17.8 Å². The monoisotopic (exact) mass is 330 g/mol. The Morgan fingerprint density at radius 2 is 2.04 bits per heavy atom. The Hall–Kier alpha value is -2.61. The molecule has 1 amide bonds. The highest BCUT2D eigenvalue weighted by Crippen LogP contribution is 2.20. The molecule has 0 unspecified atom stereocenters. The van der Waals surface area contributed by atoms with Gasteiger partial charge in [0.05, 0.1) is 6.20 Å². The fourth-order valence-corrected chi connectivity index (χ4v) is 2.69. The van der Waals surface area contributed by atoms with Crippen LogP contribution in [0.2, 0.25) is 0 Å². The second-order valence-electron chi connectivity index (χ2n) is 4.60. The molecule has 3 aromatic rings. The standard InChI is InChI=1S/C15H14N4O3S/c20-13(7-4-10-23-11-5-2-1-3-6-11)17-15-19-18-14(21-15)12-8-9-16-22-12/h1-3,5-6,8-9H,4,7,10H2,(H,17,19,20). The summed E-state index contributed by atoms with van der Waals surface area (Å²) in [4.78, 5) is 13.0. The van der Waals surface area contributed by atoms with Crippen LogP contribution in [-0.4, -0.2) is 27.0 Å². The van der Waals surface area contributed by atoms with Crippen LogP contribution in [0.25, 0.3) is 11.7 Å². The fourth-order valence-electron chi connectivity index (χ4n) is 1.82. The summed E-state index contributed by atoms with van der Waals surface area (Å²) in [7, 11) is 0. The third-order valence-electron chi connectivity index (χ3n) is 2.88. The predicted octanol–water partition coefficient (Wildman–Crippen LogP) is 3.24. The van der Waals surface area contributed by atoms with Gasteiger partial charge in [-0.2, -0.15) is 0 Å². The first-order chi connectivity index (χ1) is 11.3. The number of benzene rings is 1. The molecule has 2 aromatic heterocycles. The van der Waals surface area contributed by atoms with Gasteiger partial charge in [-0.3, -0.25) is 10.1 Å². The van der Waals surface area contributed by atoms with Crippen molar-refractivity contribution in [2.24, 2.45) is 0 Å². The van der Waals surface area contributed by atoms with E-state index >= 15 is 0 Å². The average molecular weight is 330 g/mol. The smallest absolute Gasteiger partial charge is 0.322 e. The first-order valence-electron chi connectivity index (χ1n) is 7.03. The van der Waals surface area contributed by atoms with Crippen LogP contribution in [0.4, 0.5) is 6.01 Å². The summed E-state index contributed by atoms with van der Waals surface area (Å²) in [6.07, 6.45) is 2.62. The van der Waals surface area contributed by atoms with Gasteiger partial charge in [-0.1, -0.05) is 28.5 Å². The van der Waals surface area contributed by atoms with Gasteiger partial charge in [-0.05, 0) is 24.3 Å². The van der Waals surface area contributed by atoms with Crippen molar-refractivity contribution in [1.82, 2.24) is 15.4 Å². The van der Waals surface area contributed by atoms with Gasteiger partial charge in [-0.15, -0.1) is 16.9 Å². The van der Waals surface area contributed by atoms with E-state index in [4.69, 9.17) is 8.94 Å². The summed E-state index contributed by atoms with van der Waals surface area (Å²) in [6, 6.07) is 11.7. The van der Waals surface area contributed by atoms with Crippen molar-refractivity contribution in [3.63, 3.8) is 0 Å². The van der Waals surface area contributed by atoms with E-state index in [0.29, 0.717) is 12.2 Å². The molecule has 2 heterocycles. The number of amides is 1. The first kappa shape index (κ1) is 15.3. The molecule has 8 heteroatoms. The highest BCUT2D eigenvalue weighted by atomic mass is 32.2. The summed E-state index contributed by atoms with van der Waals surface area (Å²) >= 11 is 1.72. The fraction of sp³-hybridized carbons (Fsp3) is 0.200. The number of rotatable bonds is 7. The van der Waals surface area contributed by atoms with Crippen LogP contribution in [0.15, 0.2) is 56.4 Å². The zero-order valence-electron chi connectivity index (χ0n) is 12.1. The lowest BCUT2D eigenvalue weighted by Gasteiger charge is -2.01. The normalized spacial score (nSPS) is 10.6. The van der Waals surface area contributed by atoms with Gasteiger partial charge in [0.1, 0.15) is 0 Å². The lowest BCUT2D eigenvalue weighted by Crippen LogP contribution is -2.11. The van der Waals surface area contributed by atoms with Crippen molar-refractivity contribution in [2.75, 3.05) is 11.1 Å². The molecule has 0 spiro atoms. The minimum atomic E-state index is -0.161. The maximum Gasteiger partial charge on any atom is 0.322 e. The van der Waals surface area contributed by atoms with Gasteiger partial charge in [0.25, 0.3) is 5.89 Å². The molecule has 7 nitrogen and oxygen atoms in total. The molecule has 0 radical (unpaired) electrons. The Morgan fingerprint density at radius 1 is 1.17 bits per heavy atom. The Kier molecular flexibility index (Phi) is 5.05. The Bertz CT molecular complexity index is 743. The van der Waals surface area contributed by atoms with E-state index in [9.17, 15) is 4.79 Å². The Labute approximate surface area is 136 Å². The third kappa shape index (κ3) is 4.43. The van der Waals surface area contributed by atoms with Crippen LogP contribution in [0.3, 0.4) is 0 Å². The van der Waals surface area contributed by atoms with Crippen molar-refractivity contribution < 1.29 is 13.7 Å². The second-order valence-corrected chi connectivity index (χ2v) is 5.77. The first-order valence-corrected chi connectivity index (χ1v) is 8.02. The quantitative estimate of drug-likeness (QED) is 0.525. The maximum absolute atomic E-state index is 11.8. The highest BCUT2D eigenvalue weighted by molar-refractivity contribution is 7.99. The van der Waals surface area contributed by atoms with Gasteiger partial charge in [0.15, 0.2) is 0 Å². The highest BCUT2D eigenvalue weighted by Gasteiger charge is 2.13. The number of nitrogens with one attached hydrogen (secondary N) is 1. The number of aromatic nitrogens is 3. The number of hydrogen-bond acceptors (Lipinski definition) is 7. The topological polar surface area (TPSA) is 94.1 Å². The predicted molar refractivity (Wildman–Crippen MR) is 84.8 cm³/mol. The van der Waals surface area contributed by atoms with Crippen molar-refractivity contribution >= 4 is 23.7 Å². The Balaban J connectivity index is 1.41. The largest absolute Gasteiger partial charge is 0.400 e. The van der Waals surface area contributed by atoms with E-state index < -0.39 is 0 Å². The van der Waals surface area contributed by atoms with Crippen LogP contribution < -0.4 is 5.32 Å². The maximum atomic E-state index is 11.8. The molecule has 0 aliphatic heterocycles. The van der Waals surface area contributed by atoms with Crippen LogP contribution in [0, 0.1) is 0 Å². The molecule has 0 aliphatic rings. The van der Waals surface area contributed by atoms with Crippen molar-refractivity contribution in [3.8, 4) is 11.7 Å². The lowest BCUT2D eigenvalue weighted by atomic mass is 10.3. The molecular weight excluding hydrogens is 316 g/mol. The van der Waals surface area contributed by atoms with Crippen molar-refractivity contribution in [2.45, 2.75) is 17.7 Å². The zero-order valence-corrected chi connectivity index (χ0v) is 13.0. The summed E-state index contributed by atoms with van der Waals surface area (Å²) < 4.78 is 10.2. The van der Waals surface area contributed by atoms with Crippen LogP contribution >= 0.6 is 11.8 Å². The van der Waals surface area contributed by atoms with Crippen molar-refractivity contribution in [3.05, 3.63) is 42.6 Å². The Morgan fingerprint density at radius 3 is 2.83 bits per heavy atom. The molecule has 0 aliphatic carbocycles. The molecule has 118 valence electrons. The third-order valence-corrected chi connectivity index (χ3v) is 3.98. The summed E-state index contributed by atoms with van der Waals surface area (Å²) in [6.45, 7) is 0. The van der Waals surface area contributed by atoms with Gasteiger partial charge >= 0.3 is 6.01 Å². The van der Waals surface area contributed by atoms with E-state index in [2.05, 4.69) is 20.7 Å². The molecule has 0 saturated heterocycles. The molecule has 0 fully saturated rings. The van der Waals surface area contributed by atoms with E-state index in [0.717, 1.165) is 12.2 Å². The molecule has 0 saturated carbocycles. The van der Waals surface area contributed by atoms with Gasteiger partial charge in [0, 0.05) is 17.4 Å². The second kappa shape index (κ2) is 7.59. The van der Waals surface area contributed by atoms with Crippen LogP contribution in [-0.2, 0) is 4.79 Å². The van der Waals surface area contributed by atoms with Gasteiger partial charge in [0.2, 0.25) is 11.7 Å². The minimum Gasteiger partial charge on any atom is -0.400 e. The number of anilines is 1. The number of carbonyl (C=O) groups excluding carboxylic acids is 1. The summed E-state index contributed by atoms with van der Waals surface area (Å²) in [5, 5.41) is 13.6. The molecule has 23 heavy (non-hydrogen) atoms. The number of hydrogen-bond donors (Lipinski definition) is 1. The van der Waals surface area contributed by atoms with Crippen LogP contribution in [0.1, 0.15) is 12.8 Å². The molecular formula is C15H14N4O3S. The van der Waals surface area contributed by atoms with Crippen LogP contribution in [0.5, 0.6) is 0 Å². The molecule has 1 N–H and O–H groups in total. The molecule has 0 bridgehead atoms. The van der Waals surface area contributed by atoms with E-state index in [-0.39, 0.29) is 17.8 Å². The van der Waals surface area contributed by atoms with E-state index in [1.165, 1.54) is 11.1 Å².